The van der Waals surface area contributed by atoms with E-state index in [4.69, 9.17) is 21.1 Å². The Kier molecular flexibility index (Phi) is 5.94. The highest BCUT2D eigenvalue weighted by atomic mass is 79.9. The fourth-order valence-electron chi connectivity index (χ4n) is 2.70. The molecule has 0 radical (unpaired) electrons. The van der Waals surface area contributed by atoms with Crippen LogP contribution in [-0.2, 0) is 4.74 Å². The lowest BCUT2D eigenvalue weighted by molar-refractivity contribution is 0.0638. The lowest BCUT2D eigenvalue weighted by Gasteiger charge is -2.12. The van der Waals surface area contributed by atoms with Crippen molar-refractivity contribution in [2.75, 3.05) is 20.3 Å². The summed E-state index contributed by atoms with van der Waals surface area (Å²) in [6, 6.07) is 9.08. The van der Waals surface area contributed by atoms with Crippen molar-refractivity contribution in [3.63, 3.8) is 0 Å². The van der Waals surface area contributed by atoms with Crippen LogP contribution < -0.4 is 4.74 Å². The monoisotopic (exact) mass is 451 g/mol. The average molecular weight is 453 g/mol. The molecular weight excluding hydrogens is 438 g/mol. The van der Waals surface area contributed by atoms with Crippen LogP contribution in [0.15, 0.2) is 40.9 Å². The second-order valence-electron chi connectivity index (χ2n) is 5.83. The number of rotatable bonds is 6. The highest BCUT2D eigenvalue weighted by Gasteiger charge is 2.35. The number of hydrogen-bond acceptors (Lipinski definition) is 5. The number of methoxy groups -OCH3 is 1. The summed E-state index contributed by atoms with van der Waals surface area (Å²) in [6.07, 6.45) is 0.543. The first kappa shape index (κ1) is 19.5. The summed E-state index contributed by atoms with van der Waals surface area (Å²) in [6.45, 7) is 0.707. The van der Waals surface area contributed by atoms with E-state index in [9.17, 15) is 14.4 Å². The molecule has 8 heteroatoms. The molecule has 0 saturated heterocycles. The molecule has 27 heavy (non-hydrogen) atoms. The SMILES string of the molecule is COCCCN1C(=O)c2ccc(C(=O)Oc3ccc(Cl)cc3Br)cc2C1=O. The van der Waals surface area contributed by atoms with Crippen molar-refractivity contribution in [1.29, 1.82) is 0 Å². The molecule has 6 nitrogen and oxygen atoms in total. The maximum atomic E-state index is 12.5. The van der Waals surface area contributed by atoms with E-state index >= 15 is 0 Å². The predicted octanol–water partition coefficient (Wildman–Crippen LogP) is 3.95. The minimum Gasteiger partial charge on any atom is -0.422 e. The number of halogens is 2. The van der Waals surface area contributed by atoms with E-state index in [0.717, 1.165) is 4.90 Å². The van der Waals surface area contributed by atoms with E-state index in [0.29, 0.717) is 28.3 Å². The predicted molar refractivity (Wildman–Crippen MR) is 102 cm³/mol. The number of carbonyl (C=O) groups excluding carboxylic acids is 3. The Labute approximate surface area is 169 Å². The second-order valence-corrected chi connectivity index (χ2v) is 7.12. The van der Waals surface area contributed by atoms with Gasteiger partial charge in [-0.15, -0.1) is 0 Å². The van der Waals surface area contributed by atoms with Gasteiger partial charge in [0.2, 0.25) is 0 Å². The minimum absolute atomic E-state index is 0.176. The lowest BCUT2D eigenvalue weighted by atomic mass is 10.1. The second kappa shape index (κ2) is 8.21. The van der Waals surface area contributed by atoms with Gasteiger partial charge in [0, 0.05) is 25.3 Å². The normalized spacial score (nSPS) is 13.1. The number of amides is 2. The first-order valence-corrected chi connectivity index (χ1v) is 9.26. The van der Waals surface area contributed by atoms with Gasteiger partial charge in [-0.05, 0) is 58.7 Å². The third-order valence-electron chi connectivity index (χ3n) is 4.03. The van der Waals surface area contributed by atoms with Crippen LogP contribution in [0.25, 0.3) is 0 Å². The Morgan fingerprint density at radius 2 is 1.85 bits per heavy atom. The summed E-state index contributed by atoms with van der Waals surface area (Å²) in [5.41, 5.74) is 0.652. The fourth-order valence-corrected chi connectivity index (χ4v) is 3.47. The molecule has 1 heterocycles. The third kappa shape index (κ3) is 4.05. The van der Waals surface area contributed by atoms with Gasteiger partial charge in [0.1, 0.15) is 5.75 Å². The summed E-state index contributed by atoms with van der Waals surface area (Å²) in [7, 11) is 1.55. The highest BCUT2D eigenvalue weighted by molar-refractivity contribution is 9.10. The van der Waals surface area contributed by atoms with Crippen molar-refractivity contribution >= 4 is 45.3 Å². The zero-order valence-corrected chi connectivity index (χ0v) is 16.7. The molecule has 140 valence electrons. The Balaban J connectivity index is 1.80. The van der Waals surface area contributed by atoms with E-state index in [1.165, 1.54) is 18.2 Å². The largest absolute Gasteiger partial charge is 0.422 e. The zero-order valence-electron chi connectivity index (χ0n) is 14.3. The number of ether oxygens (including phenoxy) is 2. The van der Waals surface area contributed by atoms with Crippen LogP contribution in [0.2, 0.25) is 5.02 Å². The number of esters is 1. The quantitative estimate of drug-likeness (QED) is 0.287. The average Bonchev–Trinajstić information content (AvgIpc) is 2.88. The van der Waals surface area contributed by atoms with Crippen LogP contribution in [0.5, 0.6) is 5.75 Å². The third-order valence-corrected chi connectivity index (χ3v) is 4.89. The summed E-state index contributed by atoms with van der Waals surface area (Å²) in [5, 5.41) is 0.497. The number of nitrogens with zero attached hydrogens (tertiary/aromatic N) is 1. The lowest BCUT2D eigenvalue weighted by Crippen LogP contribution is -2.31. The van der Waals surface area contributed by atoms with Gasteiger partial charge < -0.3 is 9.47 Å². The van der Waals surface area contributed by atoms with Gasteiger partial charge in [-0.25, -0.2) is 4.79 Å². The van der Waals surface area contributed by atoms with Gasteiger partial charge in [-0.3, -0.25) is 14.5 Å². The molecule has 2 aromatic carbocycles. The Morgan fingerprint density at radius 1 is 1.11 bits per heavy atom. The van der Waals surface area contributed by atoms with Gasteiger partial charge in [-0.1, -0.05) is 11.6 Å². The maximum Gasteiger partial charge on any atom is 0.343 e. The first-order chi connectivity index (χ1) is 12.9. The summed E-state index contributed by atoms with van der Waals surface area (Å²) < 4.78 is 10.8. The van der Waals surface area contributed by atoms with E-state index in [1.54, 1.807) is 25.3 Å². The molecule has 0 saturated carbocycles. The Hall–Kier alpha value is -2.22. The highest BCUT2D eigenvalue weighted by Crippen LogP contribution is 2.29. The summed E-state index contributed by atoms with van der Waals surface area (Å²) in [5.74, 6) is -1.13. The molecule has 1 aliphatic heterocycles. The molecule has 0 aliphatic carbocycles. The summed E-state index contributed by atoms with van der Waals surface area (Å²) in [4.78, 5) is 38.5. The van der Waals surface area contributed by atoms with Crippen LogP contribution in [-0.4, -0.2) is 42.9 Å². The van der Waals surface area contributed by atoms with Gasteiger partial charge in [0.15, 0.2) is 0 Å². The van der Waals surface area contributed by atoms with Crippen molar-refractivity contribution in [1.82, 2.24) is 4.90 Å². The molecule has 0 unspecified atom stereocenters. The number of imide groups is 1. The Bertz CT molecular complexity index is 930. The van der Waals surface area contributed by atoms with E-state index in [1.807, 2.05) is 0 Å². The molecule has 0 aromatic heterocycles. The molecule has 2 amide bonds. The van der Waals surface area contributed by atoms with Gasteiger partial charge >= 0.3 is 5.97 Å². The maximum absolute atomic E-state index is 12.5. The van der Waals surface area contributed by atoms with Gasteiger partial charge in [-0.2, -0.15) is 0 Å². The molecule has 0 atom stereocenters. The van der Waals surface area contributed by atoms with Crippen LogP contribution in [0.1, 0.15) is 37.5 Å². The molecular formula is C19H15BrClNO5. The molecule has 2 aromatic rings. The molecule has 1 aliphatic rings. The number of benzene rings is 2. The van der Waals surface area contributed by atoms with E-state index < -0.39 is 11.9 Å². The van der Waals surface area contributed by atoms with Crippen LogP contribution >= 0.6 is 27.5 Å². The van der Waals surface area contributed by atoms with Gasteiger partial charge in [0.05, 0.1) is 21.2 Å². The van der Waals surface area contributed by atoms with Crippen LogP contribution in [0.4, 0.5) is 0 Å². The van der Waals surface area contributed by atoms with Crippen molar-refractivity contribution < 1.29 is 23.9 Å². The number of hydrogen-bond donors (Lipinski definition) is 0. The molecule has 0 bridgehead atoms. The Morgan fingerprint density at radius 3 is 2.56 bits per heavy atom. The zero-order chi connectivity index (χ0) is 19.6. The van der Waals surface area contributed by atoms with Crippen molar-refractivity contribution in [2.24, 2.45) is 0 Å². The first-order valence-electron chi connectivity index (χ1n) is 8.09. The standard InChI is InChI=1S/C19H15BrClNO5/c1-26-8-2-7-22-17(23)13-5-3-11(9-14(13)18(22)24)19(25)27-16-6-4-12(21)10-15(16)20/h3-6,9-10H,2,7-8H2,1H3. The fraction of sp³-hybridized carbons (Fsp3) is 0.211. The van der Waals surface area contributed by atoms with Gasteiger partial charge in [0.25, 0.3) is 11.8 Å². The number of fused-ring (bicyclic) bond motifs is 1. The van der Waals surface area contributed by atoms with E-state index in [2.05, 4.69) is 15.9 Å². The molecule has 3 rings (SSSR count). The molecule has 0 N–H and O–H groups in total. The summed E-state index contributed by atoms with van der Waals surface area (Å²) >= 11 is 9.15. The minimum atomic E-state index is -0.640. The van der Waals surface area contributed by atoms with Crippen LogP contribution in [0.3, 0.4) is 0 Å². The molecule has 0 fully saturated rings. The van der Waals surface area contributed by atoms with E-state index in [-0.39, 0.29) is 29.1 Å². The smallest absolute Gasteiger partial charge is 0.343 e. The van der Waals surface area contributed by atoms with Crippen LogP contribution in [0, 0.1) is 0 Å². The van der Waals surface area contributed by atoms with Crippen molar-refractivity contribution in [3.05, 3.63) is 62.6 Å². The van der Waals surface area contributed by atoms with Crippen molar-refractivity contribution in [2.45, 2.75) is 6.42 Å². The molecule has 0 spiro atoms. The topological polar surface area (TPSA) is 72.9 Å². The van der Waals surface area contributed by atoms with Crippen molar-refractivity contribution in [3.8, 4) is 5.75 Å². The number of carbonyl (C=O) groups is 3.